The Morgan fingerprint density at radius 1 is 1.45 bits per heavy atom. The fourth-order valence-electron chi connectivity index (χ4n) is 0.863. The van der Waals surface area contributed by atoms with Gasteiger partial charge in [0.2, 0.25) is 0 Å². The molecule has 0 bridgehead atoms. The largest absolute Gasteiger partial charge is 0.318 e. The molecule has 0 amide bonds. The van der Waals surface area contributed by atoms with Crippen molar-refractivity contribution in [1.82, 2.24) is 5.32 Å². The second kappa shape index (κ2) is 4.05. The zero-order valence-electron chi connectivity index (χ0n) is 6.18. The van der Waals surface area contributed by atoms with Crippen molar-refractivity contribution < 1.29 is 4.39 Å². The highest BCUT2D eigenvalue weighted by atomic mass is 19.1. The average Bonchev–Trinajstić information content (AvgIpc) is 2.01. The number of hydrogen-bond donors (Lipinski definition) is 2. The standard InChI is InChI=1S/C8H11FN2/c9-8-3-1-2-7(4-8)5-11-6-10/h1-4,11H,5-6,10H2. The lowest BCUT2D eigenvalue weighted by atomic mass is 10.2. The SMILES string of the molecule is NCNCc1cccc(F)c1. The van der Waals surface area contributed by atoms with Gasteiger partial charge in [0.1, 0.15) is 5.82 Å². The molecule has 60 valence electrons. The van der Waals surface area contributed by atoms with Crippen molar-refractivity contribution >= 4 is 0 Å². The summed E-state index contributed by atoms with van der Waals surface area (Å²) in [5.41, 5.74) is 6.12. The van der Waals surface area contributed by atoms with Crippen LogP contribution in [-0.4, -0.2) is 6.67 Å². The number of halogens is 1. The lowest BCUT2D eigenvalue weighted by Gasteiger charge is -2.00. The molecule has 0 aliphatic rings. The van der Waals surface area contributed by atoms with Gasteiger partial charge in [-0.05, 0) is 17.7 Å². The molecule has 1 aromatic carbocycles. The summed E-state index contributed by atoms with van der Waals surface area (Å²) >= 11 is 0. The minimum atomic E-state index is -0.207. The Morgan fingerprint density at radius 3 is 2.91 bits per heavy atom. The van der Waals surface area contributed by atoms with Gasteiger partial charge in [-0.25, -0.2) is 4.39 Å². The topological polar surface area (TPSA) is 38.0 Å². The van der Waals surface area contributed by atoms with Gasteiger partial charge in [0.15, 0.2) is 0 Å². The number of nitrogens with one attached hydrogen (secondary N) is 1. The van der Waals surface area contributed by atoms with Crippen molar-refractivity contribution in [1.29, 1.82) is 0 Å². The summed E-state index contributed by atoms with van der Waals surface area (Å²) in [6, 6.07) is 6.45. The van der Waals surface area contributed by atoms with Crippen LogP contribution in [-0.2, 0) is 6.54 Å². The summed E-state index contributed by atoms with van der Waals surface area (Å²) in [6.45, 7) is 1.03. The fraction of sp³-hybridized carbons (Fsp3) is 0.250. The third-order valence-electron chi connectivity index (χ3n) is 1.36. The van der Waals surface area contributed by atoms with Gasteiger partial charge in [0.25, 0.3) is 0 Å². The van der Waals surface area contributed by atoms with Crippen molar-refractivity contribution in [3.8, 4) is 0 Å². The van der Waals surface area contributed by atoms with E-state index in [4.69, 9.17) is 5.73 Å². The second-order valence-electron chi connectivity index (χ2n) is 2.26. The molecule has 0 aliphatic carbocycles. The summed E-state index contributed by atoms with van der Waals surface area (Å²) in [5.74, 6) is -0.207. The van der Waals surface area contributed by atoms with Crippen LogP contribution in [0.4, 0.5) is 4.39 Å². The molecule has 11 heavy (non-hydrogen) atoms. The molecule has 0 fully saturated rings. The smallest absolute Gasteiger partial charge is 0.123 e. The van der Waals surface area contributed by atoms with Crippen molar-refractivity contribution in [2.75, 3.05) is 6.67 Å². The third-order valence-corrected chi connectivity index (χ3v) is 1.36. The Morgan fingerprint density at radius 2 is 2.27 bits per heavy atom. The zero-order valence-corrected chi connectivity index (χ0v) is 6.18. The molecule has 0 saturated heterocycles. The summed E-state index contributed by atoms with van der Waals surface area (Å²) in [6.07, 6.45) is 0. The molecule has 0 radical (unpaired) electrons. The molecule has 0 saturated carbocycles. The van der Waals surface area contributed by atoms with Crippen LogP contribution in [0.25, 0.3) is 0 Å². The van der Waals surface area contributed by atoms with Crippen molar-refractivity contribution in [3.05, 3.63) is 35.6 Å². The number of rotatable bonds is 3. The van der Waals surface area contributed by atoms with Crippen LogP contribution in [0.2, 0.25) is 0 Å². The molecule has 0 heterocycles. The lowest BCUT2D eigenvalue weighted by Crippen LogP contribution is -2.21. The van der Waals surface area contributed by atoms with E-state index in [0.717, 1.165) is 5.56 Å². The Balaban J connectivity index is 2.56. The molecular formula is C8H11FN2. The van der Waals surface area contributed by atoms with E-state index in [1.807, 2.05) is 6.07 Å². The molecule has 3 heteroatoms. The first kappa shape index (κ1) is 8.17. The predicted octanol–water partition coefficient (Wildman–Crippen LogP) is 0.831. The highest BCUT2D eigenvalue weighted by molar-refractivity contribution is 5.15. The van der Waals surface area contributed by atoms with Gasteiger partial charge < -0.3 is 11.1 Å². The van der Waals surface area contributed by atoms with Gasteiger partial charge in [-0.1, -0.05) is 12.1 Å². The van der Waals surface area contributed by atoms with Crippen LogP contribution in [0.1, 0.15) is 5.56 Å². The molecule has 0 aromatic heterocycles. The second-order valence-corrected chi connectivity index (χ2v) is 2.26. The molecular weight excluding hydrogens is 143 g/mol. The monoisotopic (exact) mass is 154 g/mol. The van der Waals surface area contributed by atoms with Gasteiger partial charge in [0.05, 0.1) is 0 Å². The van der Waals surface area contributed by atoms with E-state index in [0.29, 0.717) is 13.2 Å². The van der Waals surface area contributed by atoms with Gasteiger partial charge in [-0.2, -0.15) is 0 Å². The Kier molecular flexibility index (Phi) is 3.01. The molecule has 1 aromatic rings. The van der Waals surface area contributed by atoms with E-state index in [1.54, 1.807) is 6.07 Å². The van der Waals surface area contributed by atoms with E-state index in [2.05, 4.69) is 5.32 Å². The first-order chi connectivity index (χ1) is 5.33. The Hall–Kier alpha value is -0.930. The zero-order chi connectivity index (χ0) is 8.10. The van der Waals surface area contributed by atoms with Crippen LogP contribution in [0.5, 0.6) is 0 Å². The van der Waals surface area contributed by atoms with Crippen LogP contribution in [0, 0.1) is 5.82 Å². The van der Waals surface area contributed by atoms with Crippen molar-refractivity contribution in [3.63, 3.8) is 0 Å². The molecule has 0 unspecified atom stereocenters. The van der Waals surface area contributed by atoms with Crippen LogP contribution in [0.3, 0.4) is 0 Å². The van der Waals surface area contributed by atoms with E-state index < -0.39 is 0 Å². The van der Waals surface area contributed by atoms with E-state index in [9.17, 15) is 4.39 Å². The highest BCUT2D eigenvalue weighted by Crippen LogP contribution is 2.01. The highest BCUT2D eigenvalue weighted by Gasteiger charge is 1.92. The number of nitrogens with two attached hydrogens (primary N) is 1. The van der Waals surface area contributed by atoms with E-state index >= 15 is 0 Å². The lowest BCUT2D eigenvalue weighted by molar-refractivity contribution is 0.621. The maximum absolute atomic E-state index is 12.5. The fourth-order valence-corrected chi connectivity index (χ4v) is 0.863. The quantitative estimate of drug-likeness (QED) is 0.633. The first-order valence-corrected chi connectivity index (χ1v) is 3.48. The van der Waals surface area contributed by atoms with Crippen molar-refractivity contribution in [2.45, 2.75) is 6.54 Å². The summed E-state index contributed by atoms with van der Waals surface area (Å²) in [7, 11) is 0. The minimum absolute atomic E-state index is 0.207. The van der Waals surface area contributed by atoms with Gasteiger partial charge in [-0.15, -0.1) is 0 Å². The molecule has 0 aliphatic heterocycles. The normalized spacial score (nSPS) is 10.0. The predicted molar refractivity (Wildman–Crippen MR) is 42.3 cm³/mol. The summed E-state index contributed by atoms with van der Waals surface area (Å²) in [5, 5.41) is 2.90. The maximum atomic E-state index is 12.5. The van der Waals surface area contributed by atoms with Crippen LogP contribution >= 0.6 is 0 Å². The van der Waals surface area contributed by atoms with Crippen LogP contribution < -0.4 is 11.1 Å². The maximum Gasteiger partial charge on any atom is 0.123 e. The van der Waals surface area contributed by atoms with Gasteiger partial charge >= 0.3 is 0 Å². The average molecular weight is 154 g/mol. The van der Waals surface area contributed by atoms with E-state index in [1.165, 1.54) is 12.1 Å². The molecule has 1 rings (SSSR count). The van der Waals surface area contributed by atoms with Gasteiger partial charge in [-0.3, -0.25) is 0 Å². The minimum Gasteiger partial charge on any atom is -0.318 e. The van der Waals surface area contributed by atoms with Gasteiger partial charge in [0, 0.05) is 13.2 Å². The molecule has 3 N–H and O–H groups in total. The van der Waals surface area contributed by atoms with E-state index in [-0.39, 0.29) is 5.82 Å². The molecule has 2 nitrogen and oxygen atoms in total. The Bertz CT molecular complexity index is 225. The molecule has 0 atom stereocenters. The third kappa shape index (κ3) is 2.65. The molecule has 0 spiro atoms. The summed E-state index contributed by atoms with van der Waals surface area (Å²) < 4.78 is 12.5. The first-order valence-electron chi connectivity index (χ1n) is 3.48. The van der Waals surface area contributed by atoms with Crippen molar-refractivity contribution in [2.24, 2.45) is 5.73 Å². The number of hydrogen-bond acceptors (Lipinski definition) is 2. The van der Waals surface area contributed by atoms with Crippen LogP contribution in [0.15, 0.2) is 24.3 Å². The summed E-state index contributed by atoms with van der Waals surface area (Å²) in [4.78, 5) is 0. The Labute approximate surface area is 65.2 Å². The number of benzene rings is 1.